The lowest BCUT2D eigenvalue weighted by Gasteiger charge is -2.41. The van der Waals surface area contributed by atoms with E-state index in [-0.39, 0.29) is 16.9 Å². The molecule has 0 spiro atoms. The largest absolute Gasteiger partial charge is 0.329 e. The Morgan fingerprint density at radius 3 is 2.89 bits per heavy atom. The number of benzene rings is 1. The number of nitrogens with zero attached hydrogens (tertiary/aromatic N) is 1. The lowest BCUT2D eigenvalue weighted by molar-refractivity contribution is 0.0949. The summed E-state index contributed by atoms with van der Waals surface area (Å²) in [5, 5.41) is 0.181. The smallest absolute Gasteiger partial charge is 0.141 e. The molecular weight excluding hydrogens is 263 g/mol. The van der Waals surface area contributed by atoms with Gasteiger partial charge in [0.2, 0.25) is 0 Å². The number of nitrogens with two attached hydrogens (primary N) is 1. The van der Waals surface area contributed by atoms with Gasteiger partial charge in [0.25, 0.3) is 0 Å². The van der Waals surface area contributed by atoms with Crippen LogP contribution in [0, 0.1) is 5.82 Å². The molecule has 2 rings (SSSR count). The molecule has 1 fully saturated rings. The van der Waals surface area contributed by atoms with Gasteiger partial charge in [-0.05, 0) is 43.5 Å². The normalized spacial score (nSPS) is 22.4. The first-order valence-corrected chi connectivity index (χ1v) is 7.46. The molecule has 2 atom stereocenters. The van der Waals surface area contributed by atoms with Crippen molar-refractivity contribution in [3.63, 3.8) is 0 Å². The number of hydrogen-bond acceptors (Lipinski definition) is 2. The summed E-state index contributed by atoms with van der Waals surface area (Å²) in [4.78, 5) is 2.47. The highest BCUT2D eigenvalue weighted by Crippen LogP contribution is 2.31. The lowest BCUT2D eigenvalue weighted by Crippen LogP contribution is -2.44. The first-order chi connectivity index (χ1) is 9.17. The van der Waals surface area contributed by atoms with Crippen LogP contribution >= 0.6 is 11.6 Å². The summed E-state index contributed by atoms with van der Waals surface area (Å²) in [5.41, 5.74) is 6.98. The maximum absolute atomic E-state index is 13.3. The van der Waals surface area contributed by atoms with Crippen LogP contribution in [-0.2, 0) is 0 Å². The monoisotopic (exact) mass is 284 g/mol. The van der Waals surface area contributed by atoms with Crippen LogP contribution < -0.4 is 5.73 Å². The number of halogens is 2. The average molecular weight is 285 g/mol. The van der Waals surface area contributed by atoms with Crippen molar-refractivity contribution < 1.29 is 4.39 Å². The van der Waals surface area contributed by atoms with E-state index in [1.165, 1.54) is 25.3 Å². The molecule has 1 aliphatic heterocycles. The molecule has 1 heterocycles. The second kappa shape index (κ2) is 6.69. The highest BCUT2D eigenvalue weighted by Gasteiger charge is 2.28. The molecule has 0 radical (unpaired) electrons. The molecule has 0 aromatic heterocycles. The third-order valence-corrected chi connectivity index (χ3v) is 4.39. The Labute approximate surface area is 119 Å². The van der Waals surface area contributed by atoms with Gasteiger partial charge in [-0.1, -0.05) is 31.0 Å². The van der Waals surface area contributed by atoms with Crippen LogP contribution in [0.4, 0.5) is 4.39 Å². The third-order valence-electron chi connectivity index (χ3n) is 4.10. The van der Waals surface area contributed by atoms with E-state index in [0.29, 0.717) is 12.6 Å². The van der Waals surface area contributed by atoms with Gasteiger partial charge < -0.3 is 5.73 Å². The van der Waals surface area contributed by atoms with Gasteiger partial charge in [-0.2, -0.15) is 0 Å². The van der Waals surface area contributed by atoms with Crippen LogP contribution in [0.5, 0.6) is 0 Å². The summed E-state index contributed by atoms with van der Waals surface area (Å²) >= 11 is 5.89. The fourth-order valence-corrected chi connectivity index (χ4v) is 3.24. The third kappa shape index (κ3) is 3.28. The minimum absolute atomic E-state index is 0.142. The predicted molar refractivity (Wildman–Crippen MR) is 77.8 cm³/mol. The van der Waals surface area contributed by atoms with Crippen LogP contribution in [0.2, 0.25) is 5.02 Å². The molecular formula is C15H22ClFN2. The summed E-state index contributed by atoms with van der Waals surface area (Å²) in [7, 11) is 0. The summed E-state index contributed by atoms with van der Waals surface area (Å²) in [6.07, 6.45) is 4.85. The molecule has 0 saturated carbocycles. The zero-order valence-corrected chi connectivity index (χ0v) is 12.2. The number of rotatable bonds is 4. The Bertz CT molecular complexity index is 425. The highest BCUT2D eigenvalue weighted by molar-refractivity contribution is 6.30. The molecule has 0 bridgehead atoms. The Morgan fingerprint density at radius 1 is 1.47 bits per heavy atom. The summed E-state index contributed by atoms with van der Waals surface area (Å²) in [6.45, 7) is 3.82. The fraction of sp³-hybridized carbons (Fsp3) is 0.600. The summed E-state index contributed by atoms with van der Waals surface area (Å²) in [6, 6.07) is 5.68. The van der Waals surface area contributed by atoms with Crippen LogP contribution in [-0.4, -0.2) is 24.0 Å². The zero-order valence-electron chi connectivity index (χ0n) is 11.4. The molecule has 1 saturated heterocycles. The molecule has 2 nitrogen and oxygen atoms in total. The van der Waals surface area contributed by atoms with Crippen molar-refractivity contribution in [1.82, 2.24) is 4.90 Å². The first-order valence-electron chi connectivity index (χ1n) is 7.08. The molecule has 2 unspecified atom stereocenters. The Hall–Kier alpha value is -0.640. The second-order valence-corrected chi connectivity index (χ2v) is 5.63. The van der Waals surface area contributed by atoms with Gasteiger partial charge >= 0.3 is 0 Å². The molecule has 2 N–H and O–H groups in total. The fourth-order valence-electron chi connectivity index (χ4n) is 3.05. The molecule has 1 aromatic carbocycles. The molecule has 4 heteroatoms. The summed E-state index contributed by atoms with van der Waals surface area (Å²) < 4.78 is 13.3. The van der Waals surface area contributed by atoms with Crippen molar-refractivity contribution in [2.75, 3.05) is 13.1 Å². The average Bonchev–Trinajstić information content (AvgIpc) is 2.44. The quantitative estimate of drug-likeness (QED) is 0.912. The minimum atomic E-state index is -0.369. The highest BCUT2D eigenvalue weighted by atomic mass is 35.5. The lowest BCUT2D eigenvalue weighted by atomic mass is 9.95. The van der Waals surface area contributed by atoms with Crippen molar-refractivity contribution >= 4 is 11.6 Å². The van der Waals surface area contributed by atoms with Gasteiger partial charge in [0.1, 0.15) is 5.82 Å². The zero-order chi connectivity index (χ0) is 13.8. The van der Waals surface area contributed by atoms with Gasteiger partial charge in [-0.3, -0.25) is 4.90 Å². The van der Waals surface area contributed by atoms with Crippen LogP contribution in [0.25, 0.3) is 0 Å². The van der Waals surface area contributed by atoms with E-state index in [4.69, 9.17) is 17.3 Å². The predicted octanol–water partition coefficient (Wildman–Crippen LogP) is 3.74. The Morgan fingerprint density at radius 2 is 2.26 bits per heavy atom. The van der Waals surface area contributed by atoms with E-state index < -0.39 is 0 Å². The van der Waals surface area contributed by atoms with Crippen LogP contribution in [0.1, 0.15) is 44.2 Å². The molecule has 106 valence electrons. The Balaban J connectivity index is 2.24. The van der Waals surface area contributed by atoms with Crippen molar-refractivity contribution in [1.29, 1.82) is 0 Å². The van der Waals surface area contributed by atoms with Gasteiger partial charge in [-0.25, -0.2) is 4.39 Å². The molecule has 19 heavy (non-hydrogen) atoms. The van der Waals surface area contributed by atoms with E-state index in [0.717, 1.165) is 18.5 Å². The molecule has 0 aliphatic carbocycles. The van der Waals surface area contributed by atoms with Crippen molar-refractivity contribution in [2.24, 2.45) is 5.73 Å². The number of likely N-dealkylation sites (tertiary alicyclic amines) is 1. The van der Waals surface area contributed by atoms with E-state index >= 15 is 0 Å². The standard InChI is InChI=1S/C15H22ClFN2/c1-2-12-5-3-4-8-19(12)15(10-18)11-6-7-14(17)13(16)9-11/h6-7,9,12,15H,2-5,8,10,18H2,1H3. The van der Waals surface area contributed by atoms with Crippen molar-refractivity contribution in [3.05, 3.63) is 34.6 Å². The van der Waals surface area contributed by atoms with E-state index in [1.807, 2.05) is 0 Å². The topological polar surface area (TPSA) is 29.3 Å². The van der Waals surface area contributed by atoms with Gasteiger partial charge in [0, 0.05) is 18.6 Å². The maximum atomic E-state index is 13.3. The first kappa shape index (κ1) is 14.8. The van der Waals surface area contributed by atoms with Gasteiger partial charge in [0.15, 0.2) is 0 Å². The Kier molecular flexibility index (Phi) is 5.20. The van der Waals surface area contributed by atoms with Crippen molar-refractivity contribution in [3.8, 4) is 0 Å². The van der Waals surface area contributed by atoms with Crippen LogP contribution in [0.3, 0.4) is 0 Å². The maximum Gasteiger partial charge on any atom is 0.141 e. The second-order valence-electron chi connectivity index (χ2n) is 5.22. The number of piperidine rings is 1. The van der Waals surface area contributed by atoms with Gasteiger partial charge in [0.05, 0.1) is 5.02 Å². The number of hydrogen-bond donors (Lipinski definition) is 1. The summed E-state index contributed by atoms with van der Waals surface area (Å²) in [5.74, 6) is -0.369. The SMILES string of the molecule is CCC1CCCCN1C(CN)c1ccc(F)c(Cl)c1. The molecule has 1 aliphatic rings. The van der Waals surface area contributed by atoms with E-state index in [9.17, 15) is 4.39 Å². The molecule has 0 amide bonds. The van der Waals surface area contributed by atoms with Gasteiger partial charge in [-0.15, -0.1) is 0 Å². The minimum Gasteiger partial charge on any atom is -0.329 e. The molecule has 1 aromatic rings. The van der Waals surface area contributed by atoms with E-state index in [2.05, 4.69) is 11.8 Å². The van der Waals surface area contributed by atoms with E-state index in [1.54, 1.807) is 12.1 Å². The van der Waals surface area contributed by atoms with Crippen LogP contribution in [0.15, 0.2) is 18.2 Å². The van der Waals surface area contributed by atoms with Crippen molar-refractivity contribution in [2.45, 2.75) is 44.7 Å².